The van der Waals surface area contributed by atoms with E-state index in [4.69, 9.17) is 4.74 Å². The van der Waals surface area contributed by atoms with Crippen molar-refractivity contribution in [3.63, 3.8) is 0 Å². The quantitative estimate of drug-likeness (QED) is 0.569. The van der Waals surface area contributed by atoms with Gasteiger partial charge in [-0.3, -0.25) is 10.1 Å². The Bertz CT molecular complexity index is 365. The van der Waals surface area contributed by atoms with Crippen LogP contribution in [0.25, 0.3) is 0 Å². The van der Waals surface area contributed by atoms with Gasteiger partial charge < -0.3 is 4.74 Å². The molecule has 1 aromatic rings. The number of ether oxygens (including phenoxy) is 1. The zero-order chi connectivity index (χ0) is 11.5. The van der Waals surface area contributed by atoms with Crippen molar-refractivity contribution in [3.05, 3.63) is 40.2 Å². The van der Waals surface area contributed by atoms with Gasteiger partial charge in [0.25, 0.3) is 0 Å². The van der Waals surface area contributed by atoms with Crippen LogP contribution in [0.5, 0.6) is 5.75 Å². The van der Waals surface area contributed by atoms with Crippen LogP contribution in [-0.4, -0.2) is 17.1 Å². The van der Waals surface area contributed by atoms with Crippen LogP contribution in [0.2, 0.25) is 0 Å². The van der Waals surface area contributed by atoms with Gasteiger partial charge in [0, 0.05) is 18.8 Å². The van der Waals surface area contributed by atoms with E-state index in [0.29, 0.717) is 0 Å². The molecule has 0 heterocycles. The molecule has 15 heavy (non-hydrogen) atoms. The van der Waals surface area contributed by atoms with Gasteiger partial charge in [-0.05, 0) is 12.1 Å². The Labute approximate surface area is 86.8 Å². The third-order valence-corrected chi connectivity index (χ3v) is 1.91. The fourth-order valence-electron chi connectivity index (χ4n) is 0.869. The second-order valence-corrected chi connectivity index (χ2v) is 3.79. The molecule has 0 aliphatic carbocycles. The van der Waals surface area contributed by atoms with Crippen LogP contribution < -0.4 is 4.74 Å². The summed E-state index contributed by atoms with van der Waals surface area (Å²) in [6.45, 7) is 2.68. The molecule has 1 aromatic carbocycles. The Morgan fingerprint density at radius 3 is 2.60 bits per heavy atom. The summed E-state index contributed by atoms with van der Waals surface area (Å²) >= 11 is 0. The van der Waals surface area contributed by atoms with Gasteiger partial charge in [-0.2, -0.15) is 0 Å². The van der Waals surface area contributed by atoms with Gasteiger partial charge in [0.2, 0.25) is 5.54 Å². The minimum atomic E-state index is -1.22. The lowest BCUT2D eigenvalue weighted by atomic mass is 10.1. The normalized spacial score (nSPS) is 11.1. The maximum atomic E-state index is 13.1. The summed E-state index contributed by atoms with van der Waals surface area (Å²) in [6.07, 6.45) is 0. The molecule has 0 spiro atoms. The summed E-state index contributed by atoms with van der Waals surface area (Å²) in [5.41, 5.74) is -1.22. The minimum absolute atomic E-state index is 0.0347. The third kappa shape index (κ3) is 2.90. The number of rotatable bonds is 4. The van der Waals surface area contributed by atoms with Gasteiger partial charge >= 0.3 is 0 Å². The SMILES string of the molecule is CC(C)(COc1ccccc1F)[N+](=O)[O-]. The van der Waals surface area contributed by atoms with E-state index < -0.39 is 16.3 Å². The van der Waals surface area contributed by atoms with Crippen LogP contribution in [0.4, 0.5) is 4.39 Å². The Kier molecular flexibility index (Phi) is 3.24. The maximum Gasteiger partial charge on any atom is 0.250 e. The smallest absolute Gasteiger partial charge is 0.250 e. The number of benzene rings is 1. The number of halogens is 1. The standard InChI is InChI=1S/C10H12FNO3/c1-10(2,12(13)14)7-15-9-6-4-3-5-8(9)11/h3-6H,7H2,1-2H3. The van der Waals surface area contributed by atoms with Crippen molar-refractivity contribution < 1.29 is 14.1 Å². The van der Waals surface area contributed by atoms with Crippen molar-refractivity contribution in [2.24, 2.45) is 0 Å². The fourth-order valence-corrected chi connectivity index (χ4v) is 0.869. The highest BCUT2D eigenvalue weighted by Crippen LogP contribution is 2.18. The average molecular weight is 213 g/mol. The van der Waals surface area contributed by atoms with Crippen molar-refractivity contribution in [3.8, 4) is 5.75 Å². The molecule has 0 amide bonds. The molecule has 0 atom stereocenters. The lowest BCUT2D eigenvalue weighted by molar-refractivity contribution is -0.562. The first-order valence-electron chi connectivity index (χ1n) is 4.45. The molecule has 0 bridgehead atoms. The fraction of sp³-hybridized carbons (Fsp3) is 0.400. The summed E-state index contributed by atoms with van der Waals surface area (Å²) in [4.78, 5) is 10.1. The first-order valence-corrected chi connectivity index (χ1v) is 4.45. The second-order valence-electron chi connectivity index (χ2n) is 3.79. The molecule has 0 radical (unpaired) electrons. The molecule has 0 saturated carbocycles. The number of hydrogen-bond donors (Lipinski definition) is 0. The van der Waals surface area contributed by atoms with Gasteiger partial charge in [0.05, 0.1) is 0 Å². The largest absolute Gasteiger partial charge is 0.483 e. The molecule has 0 N–H and O–H groups in total. The lowest BCUT2D eigenvalue weighted by Gasteiger charge is -2.16. The van der Waals surface area contributed by atoms with Gasteiger partial charge in [-0.1, -0.05) is 12.1 Å². The van der Waals surface area contributed by atoms with E-state index >= 15 is 0 Å². The summed E-state index contributed by atoms with van der Waals surface area (Å²) < 4.78 is 18.1. The predicted octanol–water partition coefficient (Wildman–Crippen LogP) is 2.26. The first kappa shape index (κ1) is 11.4. The zero-order valence-corrected chi connectivity index (χ0v) is 8.57. The lowest BCUT2D eigenvalue weighted by Crippen LogP contribution is -2.37. The molecular formula is C10H12FNO3. The highest BCUT2D eigenvalue weighted by molar-refractivity contribution is 5.23. The van der Waals surface area contributed by atoms with E-state index in [9.17, 15) is 14.5 Å². The van der Waals surface area contributed by atoms with Crippen LogP contribution in [0.3, 0.4) is 0 Å². The second kappa shape index (κ2) is 4.25. The van der Waals surface area contributed by atoms with Crippen molar-refractivity contribution in [1.82, 2.24) is 0 Å². The topological polar surface area (TPSA) is 52.4 Å². The van der Waals surface area contributed by atoms with Crippen LogP contribution in [0.1, 0.15) is 13.8 Å². The number of hydrogen-bond acceptors (Lipinski definition) is 3. The van der Waals surface area contributed by atoms with E-state index in [2.05, 4.69) is 0 Å². The van der Waals surface area contributed by atoms with Gasteiger partial charge in [0.1, 0.15) is 0 Å². The van der Waals surface area contributed by atoms with Crippen molar-refractivity contribution in [2.75, 3.05) is 6.61 Å². The summed E-state index contributed by atoms with van der Waals surface area (Å²) in [6, 6.07) is 5.82. The molecule has 0 unspecified atom stereocenters. The van der Waals surface area contributed by atoms with Crippen molar-refractivity contribution in [1.29, 1.82) is 0 Å². The van der Waals surface area contributed by atoms with Gasteiger partial charge in [-0.15, -0.1) is 0 Å². The molecule has 0 fully saturated rings. The van der Waals surface area contributed by atoms with Crippen molar-refractivity contribution >= 4 is 0 Å². The Balaban J connectivity index is 2.66. The monoisotopic (exact) mass is 213 g/mol. The van der Waals surface area contributed by atoms with Gasteiger partial charge in [-0.25, -0.2) is 4.39 Å². The highest BCUT2D eigenvalue weighted by Gasteiger charge is 2.31. The Morgan fingerprint density at radius 2 is 2.07 bits per heavy atom. The van der Waals surface area contributed by atoms with E-state index in [1.807, 2.05) is 0 Å². The van der Waals surface area contributed by atoms with E-state index in [1.54, 1.807) is 6.07 Å². The molecular weight excluding hydrogens is 201 g/mol. The molecule has 0 aliphatic heterocycles. The summed E-state index contributed by atoms with van der Waals surface area (Å²) in [7, 11) is 0. The predicted molar refractivity (Wildman–Crippen MR) is 53.0 cm³/mol. The molecule has 4 nitrogen and oxygen atoms in total. The number of para-hydroxylation sites is 1. The molecule has 82 valence electrons. The highest BCUT2D eigenvalue weighted by atomic mass is 19.1. The molecule has 5 heteroatoms. The minimum Gasteiger partial charge on any atom is -0.483 e. The Hall–Kier alpha value is -1.65. The van der Waals surface area contributed by atoms with Crippen LogP contribution in [0.15, 0.2) is 24.3 Å². The number of nitrogens with zero attached hydrogens (tertiary/aromatic N) is 1. The molecule has 0 aliphatic rings. The van der Waals surface area contributed by atoms with Crippen LogP contribution in [0, 0.1) is 15.9 Å². The van der Waals surface area contributed by atoms with Crippen LogP contribution >= 0.6 is 0 Å². The van der Waals surface area contributed by atoms with Gasteiger partial charge in [0.15, 0.2) is 18.2 Å². The molecule has 1 rings (SSSR count). The zero-order valence-electron chi connectivity index (χ0n) is 8.57. The molecule has 0 saturated heterocycles. The van der Waals surface area contributed by atoms with E-state index in [0.717, 1.165) is 0 Å². The van der Waals surface area contributed by atoms with Crippen LogP contribution in [-0.2, 0) is 0 Å². The number of nitro groups is 1. The summed E-state index contributed by atoms with van der Waals surface area (Å²) in [5, 5.41) is 10.6. The van der Waals surface area contributed by atoms with E-state index in [-0.39, 0.29) is 12.4 Å². The molecule has 0 aromatic heterocycles. The Morgan fingerprint density at radius 1 is 1.47 bits per heavy atom. The summed E-state index contributed by atoms with van der Waals surface area (Å²) in [5.74, 6) is -0.482. The van der Waals surface area contributed by atoms with E-state index in [1.165, 1.54) is 32.0 Å². The third-order valence-electron chi connectivity index (χ3n) is 1.91. The average Bonchev–Trinajstić information content (AvgIpc) is 2.16. The van der Waals surface area contributed by atoms with Crippen molar-refractivity contribution in [2.45, 2.75) is 19.4 Å². The maximum absolute atomic E-state index is 13.1. The first-order chi connectivity index (χ1) is 6.93.